The molecule has 3 heteroatoms. The normalized spacial score (nSPS) is 20.9. The Morgan fingerprint density at radius 2 is 1.77 bits per heavy atom. The summed E-state index contributed by atoms with van der Waals surface area (Å²) in [6.45, 7) is 6.20. The number of benzene rings is 1. The van der Waals surface area contributed by atoms with Crippen LogP contribution in [0.5, 0.6) is 0 Å². The summed E-state index contributed by atoms with van der Waals surface area (Å²) < 4.78 is 17.6. The molecule has 0 spiro atoms. The minimum Gasteiger partial charge on any atom is -0.373 e. The minimum absolute atomic E-state index is 0.0203. The molecule has 1 aliphatic rings. The van der Waals surface area contributed by atoms with Crippen molar-refractivity contribution in [1.29, 1.82) is 0 Å². The van der Waals surface area contributed by atoms with Gasteiger partial charge in [0.2, 0.25) is 0 Å². The van der Waals surface area contributed by atoms with Gasteiger partial charge in [0.25, 0.3) is 0 Å². The summed E-state index contributed by atoms with van der Waals surface area (Å²) in [6.07, 6.45) is 11.8. The molecule has 0 N–H and O–H groups in total. The van der Waals surface area contributed by atoms with Crippen molar-refractivity contribution in [2.45, 2.75) is 89.8 Å². The number of unbranched alkanes of at least 4 members (excludes halogenated alkanes) is 4. The summed E-state index contributed by atoms with van der Waals surface area (Å²) in [6, 6.07) is 10.1. The van der Waals surface area contributed by atoms with Gasteiger partial charge < -0.3 is 14.2 Å². The van der Waals surface area contributed by atoms with Gasteiger partial charge >= 0.3 is 0 Å². The molecular weight excluding hydrogens is 372 g/mol. The molecule has 162 valence electrons. The predicted molar refractivity (Wildman–Crippen MR) is 123 cm³/mol. The maximum Gasteiger partial charge on any atom is 0.163 e. The van der Waals surface area contributed by atoms with Crippen molar-refractivity contribution in [2.75, 3.05) is 7.11 Å². The number of rotatable bonds is 10. The van der Waals surface area contributed by atoms with Gasteiger partial charge in [0, 0.05) is 13.5 Å². The monoisotopic (exact) mass is 408 g/mol. The van der Waals surface area contributed by atoms with E-state index in [0.29, 0.717) is 6.42 Å². The van der Waals surface area contributed by atoms with Crippen LogP contribution in [-0.4, -0.2) is 25.1 Å². The van der Waals surface area contributed by atoms with Crippen LogP contribution in [0.3, 0.4) is 0 Å². The molecule has 0 radical (unpaired) electrons. The van der Waals surface area contributed by atoms with Crippen LogP contribution in [0.4, 0.5) is 0 Å². The molecule has 3 atom stereocenters. The standard InChI is InChI=1S/C27H36O3/c1-5-6-7-9-16-21-25-26(30-27(2,3)29-25)22-17-11-8-10-15-20-24(28-4)23-18-13-12-14-19-23/h12-15,18-20,24-26H,5-7,9,16,21-22H2,1-4H3/b20-15+/t24?,25-,26-/m1/s1. The lowest BCUT2D eigenvalue weighted by atomic mass is 10.0. The van der Waals surface area contributed by atoms with Gasteiger partial charge in [-0.25, -0.2) is 0 Å². The van der Waals surface area contributed by atoms with Crippen molar-refractivity contribution in [1.82, 2.24) is 0 Å². The maximum absolute atomic E-state index is 6.09. The Morgan fingerprint density at radius 1 is 1.03 bits per heavy atom. The fourth-order valence-corrected chi connectivity index (χ4v) is 3.65. The number of ether oxygens (including phenoxy) is 3. The third-order valence-electron chi connectivity index (χ3n) is 5.14. The largest absolute Gasteiger partial charge is 0.373 e. The number of hydrogen-bond donors (Lipinski definition) is 0. The van der Waals surface area contributed by atoms with Crippen molar-refractivity contribution < 1.29 is 14.2 Å². The van der Waals surface area contributed by atoms with Crippen LogP contribution >= 0.6 is 0 Å². The summed E-state index contributed by atoms with van der Waals surface area (Å²) >= 11 is 0. The van der Waals surface area contributed by atoms with E-state index in [1.807, 2.05) is 50.3 Å². The average molecular weight is 409 g/mol. The molecule has 1 fully saturated rings. The van der Waals surface area contributed by atoms with Crippen molar-refractivity contribution in [3.63, 3.8) is 0 Å². The smallest absolute Gasteiger partial charge is 0.163 e. The molecular formula is C27H36O3. The van der Waals surface area contributed by atoms with Gasteiger partial charge in [-0.15, -0.1) is 0 Å². The Morgan fingerprint density at radius 3 is 2.50 bits per heavy atom. The first-order valence-corrected chi connectivity index (χ1v) is 11.1. The topological polar surface area (TPSA) is 27.7 Å². The Hall–Kier alpha value is -2.04. The zero-order valence-electron chi connectivity index (χ0n) is 18.9. The fourth-order valence-electron chi connectivity index (χ4n) is 3.65. The van der Waals surface area contributed by atoms with Crippen molar-refractivity contribution in [3.05, 3.63) is 48.0 Å². The first kappa shape index (κ1) is 24.2. The molecule has 0 amide bonds. The number of hydrogen-bond acceptors (Lipinski definition) is 3. The van der Waals surface area contributed by atoms with E-state index >= 15 is 0 Å². The quantitative estimate of drug-likeness (QED) is 0.340. The highest BCUT2D eigenvalue weighted by atomic mass is 16.7. The van der Waals surface area contributed by atoms with Crippen LogP contribution in [0, 0.1) is 23.7 Å². The minimum atomic E-state index is -0.526. The van der Waals surface area contributed by atoms with E-state index in [0.717, 1.165) is 12.0 Å². The van der Waals surface area contributed by atoms with E-state index < -0.39 is 5.79 Å². The average Bonchev–Trinajstić information content (AvgIpc) is 3.04. The van der Waals surface area contributed by atoms with Gasteiger partial charge in [0.15, 0.2) is 5.79 Å². The van der Waals surface area contributed by atoms with Crippen LogP contribution < -0.4 is 0 Å². The molecule has 0 saturated carbocycles. The van der Waals surface area contributed by atoms with Gasteiger partial charge in [0.1, 0.15) is 6.10 Å². The van der Waals surface area contributed by atoms with E-state index in [9.17, 15) is 0 Å². The van der Waals surface area contributed by atoms with Gasteiger partial charge in [0.05, 0.1) is 12.2 Å². The molecule has 2 rings (SSSR count). The first-order valence-electron chi connectivity index (χ1n) is 11.1. The van der Waals surface area contributed by atoms with Crippen molar-refractivity contribution >= 4 is 0 Å². The predicted octanol–water partition coefficient (Wildman–Crippen LogP) is 6.21. The van der Waals surface area contributed by atoms with Crippen LogP contribution in [0.2, 0.25) is 0 Å². The van der Waals surface area contributed by atoms with Crippen LogP contribution in [-0.2, 0) is 14.2 Å². The second kappa shape index (κ2) is 13.3. The second-order valence-corrected chi connectivity index (χ2v) is 8.12. The lowest BCUT2D eigenvalue weighted by Crippen LogP contribution is -2.21. The summed E-state index contributed by atoms with van der Waals surface area (Å²) in [4.78, 5) is 0. The Kier molecular flexibility index (Phi) is 10.7. The molecule has 1 aliphatic heterocycles. The van der Waals surface area contributed by atoms with Gasteiger partial charge in [-0.2, -0.15) is 0 Å². The van der Waals surface area contributed by atoms with E-state index in [1.54, 1.807) is 13.2 Å². The Balaban J connectivity index is 1.81. The molecule has 1 aromatic rings. The molecule has 3 nitrogen and oxygen atoms in total. The van der Waals surface area contributed by atoms with Gasteiger partial charge in [-0.1, -0.05) is 81.2 Å². The summed E-state index contributed by atoms with van der Waals surface area (Å²) in [7, 11) is 1.70. The van der Waals surface area contributed by atoms with Crippen LogP contribution in [0.15, 0.2) is 42.5 Å². The van der Waals surface area contributed by atoms with Crippen LogP contribution in [0.1, 0.15) is 77.4 Å². The molecule has 1 heterocycles. The van der Waals surface area contributed by atoms with Crippen molar-refractivity contribution in [2.24, 2.45) is 0 Å². The second-order valence-electron chi connectivity index (χ2n) is 8.12. The molecule has 1 aromatic carbocycles. The molecule has 0 aromatic heterocycles. The molecule has 30 heavy (non-hydrogen) atoms. The fraction of sp³-hybridized carbons (Fsp3) is 0.556. The van der Waals surface area contributed by atoms with Crippen molar-refractivity contribution in [3.8, 4) is 23.7 Å². The Labute approximate surface area is 183 Å². The zero-order valence-corrected chi connectivity index (χ0v) is 18.9. The first-order chi connectivity index (χ1) is 14.6. The lowest BCUT2D eigenvalue weighted by molar-refractivity contribution is -0.146. The maximum atomic E-state index is 6.09. The van der Waals surface area contributed by atoms with Gasteiger partial charge in [-0.3, -0.25) is 0 Å². The SMILES string of the molecule is CCCCCCC[C@H]1OC(C)(C)O[C@@H]1CC#CC#C/C=C/C(OC)c1ccccc1. The highest BCUT2D eigenvalue weighted by Crippen LogP contribution is 2.32. The molecule has 1 unspecified atom stereocenters. The summed E-state index contributed by atoms with van der Waals surface area (Å²) in [5.74, 6) is 11.4. The van der Waals surface area contributed by atoms with E-state index in [-0.39, 0.29) is 18.3 Å². The molecule has 0 bridgehead atoms. The van der Waals surface area contributed by atoms with E-state index in [4.69, 9.17) is 14.2 Å². The summed E-state index contributed by atoms with van der Waals surface area (Å²) in [5.41, 5.74) is 1.10. The van der Waals surface area contributed by atoms with E-state index in [1.165, 1.54) is 32.1 Å². The van der Waals surface area contributed by atoms with Crippen LogP contribution in [0.25, 0.3) is 0 Å². The van der Waals surface area contributed by atoms with E-state index in [2.05, 4.69) is 30.6 Å². The Bertz CT molecular complexity index is 758. The summed E-state index contributed by atoms with van der Waals surface area (Å²) in [5, 5.41) is 0. The highest BCUT2D eigenvalue weighted by Gasteiger charge is 2.40. The highest BCUT2D eigenvalue weighted by molar-refractivity contribution is 5.32. The number of methoxy groups -OCH3 is 1. The number of allylic oxidation sites excluding steroid dienone is 1. The lowest BCUT2D eigenvalue weighted by Gasteiger charge is -2.16. The molecule has 1 saturated heterocycles. The zero-order chi connectivity index (χ0) is 21.7. The van der Waals surface area contributed by atoms with Gasteiger partial charge in [-0.05, 0) is 49.8 Å². The molecule has 0 aliphatic carbocycles. The third-order valence-corrected chi connectivity index (χ3v) is 5.14. The third kappa shape index (κ3) is 8.76.